The van der Waals surface area contributed by atoms with E-state index in [9.17, 15) is 4.79 Å². The Labute approximate surface area is 128 Å². The molecule has 0 amide bonds. The quantitative estimate of drug-likeness (QED) is 0.585. The number of carboxylic acid groups (broad SMARTS) is 1. The van der Waals surface area contributed by atoms with Crippen molar-refractivity contribution < 1.29 is 14.9 Å². The number of aryl methyl sites for hydroxylation is 2. The first-order valence-corrected chi connectivity index (χ1v) is 6.72. The first-order chi connectivity index (χ1) is 10.4. The summed E-state index contributed by atoms with van der Waals surface area (Å²) in [5, 5.41) is 10.4. The van der Waals surface area contributed by atoms with Gasteiger partial charge in [-0.05, 0) is 30.7 Å². The first kappa shape index (κ1) is 15.5. The van der Waals surface area contributed by atoms with Gasteiger partial charge in [0.1, 0.15) is 0 Å². The maximum atomic E-state index is 11.1. The van der Waals surface area contributed by atoms with Gasteiger partial charge >= 0.3 is 5.97 Å². The SMILES string of the molecule is Cc1ccc(C(N)=CN(N)c2cc(C(=O)O)ccc2C)c[nH+]1. The molecule has 0 bridgehead atoms. The van der Waals surface area contributed by atoms with Crippen LogP contribution in [-0.4, -0.2) is 11.1 Å². The van der Waals surface area contributed by atoms with E-state index in [1.807, 2.05) is 26.0 Å². The molecule has 6 N–H and O–H groups in total. The Morgan fingerprint density at radius 1 is 1.23 bits per heavy atom. The van der Waals surface area contributed by atoms with Crippen LogP contribution in [0.4, 0.5) is 5.69 Å². The third-order valence-corrected chi connectivity index (χ3v) is 3.31. The number of nitrogens with one attached hydrogen (secondary N) is 1. The molecule has 0 saturated carbocycles. The van der Waals surface area contributed by atoms with Crippen molar-refractivity contribution in [3.8, 4) is 0 Å². The lowest BCUT2D eigenvalue weighted by Gasteiger charge is -2.18. The second kappa shape index (κ2) is 6.28. The zero-order valence-corrected chi connectivity index (χ0v) is 12.5. The Kier molecular flexibility index (Phi) is 4.43. The number of benzene rings is 1. The van der Waals surface area contributed by atoms with Gasteiger partial charge in [0.2, 0.25) is 0 Å². The molecular formula is C16H19N4O2+. The molecule has 0 fully saturated rings. The van der Waals surface area contributed by atoms with E-state index < -0.39 is 5.97 Å². The number of aromatic nitrogens is 1. The highest BCUT2D eigenvalue weighted by Gasteiger charge is 2.10. The number of carboxylic acids is 1. The number of hydrogen-bond acceptors (Lipinski definition) is 4. The predicted octanol–water partition coefficient (Wildman–Crippen LogP) is 1.45. The number of hydrazine groups is 1. The number of rotatable bonds is 4. The van der Waals surface area contributed by atoms with E-state index in [2.05, 4.69) is 4.98 Å². The molecule has 0 spiro atoms. The molecule has 114 valence electrons. The smallest absolute Gasteiger partial charge is 0.335 e. The van der Waals surface area contributed by atoms with Gasteiger partial charge in [-0.2, -0.15) is 0 Å². The van der Waals surface area contributed by atoms with Crippen molar-refractivity contribution in [3.63, 3.8) is 0 Å². The maximum Gasteiger partial charge on any atom is 0.335 e. The van der Waals surface area contributed by atoms with Crippen LogP contribution in [-0.2, 0) is 0 Å². The van der Waals surface area contributed by atoms with Gasteiger partial charge in [0, 0.05) is 19.2 Å². The van der Waals surface area contributed by atoms with E-state index in [0.717, 1.165) is 16.8 Å². The molecule has 0 atom stereocenters. The van der Waals surface area contributed by atoms with Crippen LogP contribution in [0.1, 0.15) is 27.2 Å². The van der Waals surface area contributed by atoms with Crippen molar-refractivity contribution in [2.24, 2.45) is 11.6 Å². The molecule has 2 rings (SSSR count). The van der Waals surface area contributed by atoms with Crippen LogP contribution in [0.2, 0.25) is 0 Å². The van der Waals surface area contributed by atoms with Crippen LogP contribution in [0.15, 0.2) is 42.7 Å². The largest absolute Gasteiger partial charge is 0.478 e. The van der Waals surface area contributed by atoms with E-state index in [-0.39, 0.29) is 5.56 Å². The number of aromatic amines is 1. The Balaban J connectivity index is 2.33. The molecule has 0 aliphatic carbocycles. The molecule has 2 aromatic rings. The van der Waals surface area contributed by atoms with Gasteiger partial charge < -0.3 is 10.8 Å². The van der Waals surface area contributed by atoms with E-state index in [0.29, 0.717) is 11.4 Å². The summed E-state index contributed by atoms with van der Waals surface area (Å²) in [6, 6.07) is 8.56. The number of nitrogens with zero attached hydrogens (tertiary/aromatic N) is 1. The fourth-order valence-electron chi connectivity index (χ4n) is 2.00. The molecule has 1 aromatic heterocycles. The molecule has 0 unspecified atom stereocenters. The van der Waals surface area contributed by atoms with Gasteiger partial charge in [-0.15, -0.1) is 0 Å². The second-order valence-electron chi connectivity index (χ2n) is 5.06. The Bertz CT molecular complexity index is 723. The summed E-state index contributed by atoms with van der Waals surface area (Å²) >= 11 is 0. The van der Waals surface area contributed by atoms with Gasteiger partial charge in [-0.25, -0.2) is 15.6 Å². The van der Waals surface area contributed by atoms with Gasteiger partial charge in [-0.1, -0.05) is 6.07 Å². The lowest BCUT2D eigenvalue weighted by molar-refractivity contribution is -0.387. The van der Waals surface area contributed by atoms with Gasteiger partial charge in [0.25, 0.3) is 0 Å². The summed E-state index contributed by atoms with van der Waals surface area (Å²) in [6.45, 7) is 3.80. The van der Waals surface area contributed by atoms with Crippen LogP contribution >= 0.6 is 0 Å². The van der Waals surface area contributed by atoms with Crippen molar-refractivity contribution in [1.82, 2.24) is 0 Å². The van der Waals surface area contributed by atoms with Crippen molar-refractivity contribution in [2.45, 2.75) is 13.8 Å². The first-order valence-electron chi connectivity index (χ1n) is 6.72. The van der Waals surface area contributed by atoms with Crippen molar-refractivity contribution in [3.05, 3.63) is 65.1 Å². The minimum atomic E-state index is -1.00. The number of hydrogen-bond donors (Lipinski definition) is 3. The zero-order chi connectivity index (χ0) is 16.3. The molecule has 22 heavy (non-hydrogen) atoms. The van der Waals surface area contributed by atoms with Crippen LogP contribution in [0, 0.1) is 13.8 Å². The van der Waals surface area contributed by atoms with Crippen LogP contribution in [0.3, 0.4) is 0 Å². The monoisotopic (exact) mass is 299 g/mol. The van der Waals surface area contributed by atoms with Crippen LogP contribution < -0.4 is 21.6 Å². The molecule has 0 radical (unpaired) electrons. The summed E-state index contributed by atoms with van der Waals surface area (Å²) in [7, 11) is 0. The van der Waals surface area contributed by atoms with Crippen molar-refractivity contribution in [1.29, 1.82) is 0 Å². The number of pyridine rings is 1. The minimum Gasteiger partial charge on any atom is -0.478 e. The van der Waals surface area contributed by atoms with Crippen LogP contribution in [0.5, 0.6) is 0 Å². The second-order valence-corrected chi connectivity index (χ2v) is 5.06. The van der Waals surface area contributed by atoms with E-state index >= 15 is 0 Å². The normalized spacial score (nSPS) is 11.3. The maximum absolute atomic E-state index is 11.1. The molecule has 6 nitrogen and oxygen atoms in total. The number of H-pyrrole nitrogens is 1. The Morgan fingerprint density at radius 3 is 2.50 bits per heavy atom. The fraction of sp³-hybridized carbons (Fsp3) is 0.125. The molecule has 1 aromatic carbocycles. The number of nitrogens with two attached hydrogens (primary N) is 2. The zero-order valence-electron chi connectivity index (χ0n) is 12.5. The number of aromatic carboxylic acids is 1. The summed E-state index contributed by atoms with van der Waals surface area (Å²) in [5.41, 5.74) is 9.93. The lowest BCUT2D eigenvalue weighted by atomic mass is 10.1. The number of anilines is 1. The van der Waals surface area contributed by atoms with Crippen LogP contribution in [0.25, 0.3) is 5.70 Å². The van der Waals surface area contributed by atoms with Gasteiger partial charge in [0.05, 0.1) is 22.5 Å². The highest BCUT2D eigenvalue weighted by atomic mass is 16.4. The summed E-state index contributed by atoms with van der Waals surface area (Å²) in [5.74, 6) is 5.01. The van der Waals surface area contributed by atoms with Crippen molar-refractivity contribution >= 4 is 17.4 Å². The molecule has 0 saturated heterocycles. The van der Waals surface area contributed by atoms with E-state index in [1.165, 1.54) is 17.1 Å². The van der Waals surface area contributed by atoms with Gasteiger partial charge in [0.15, 0.2) is 11.9 Å². The summed E-state index contributed by atoms with van der Waals surface area (Å²) in [6.07, 6.45) is 3.35. The average molecular weight is 299 g/mol. The predicted molar refractivity (Wildman–Crippen MR) is 84.7 cm³/mol. The fourth-order valence-corrected chi connectivity index (χ4v) is 2.00. The van der Waals surface area contributed by atoms with Crippen molar-refractivity contribution in [2.75, 3.05) is 5.01 Å². The topological polar surface area (TPSA) is 107 Å². The molecule has 0 aliphatic heterocycles. The van der Waals surface area contributed by atoms with Gasteiger partial charge in [-0.3, -0.25) is 5.01 Å². The minimum absolute atomic E-state index is 0.173. The standard InChI is InChI=1S/C16H18N4O2/c1-10-3-5-12(16(21)22)7-15(10)20(18)9-14(17)13-6-4-11(2)19-8-13/h3-9H,17-18H2,1-2H3,(H,21,22)/p+1. The van der Waals surface area contributed by atoms with E-state index in [1.54, 1.807) is 18.5 Å². The lowest BCUT2D eigenvalue weighted by Crippen LogP contribution is -2.27. The molecule has 1 heterocycles. The summed E-state index contributed by atoms with van der Waals surface area (Å²) in [4.78, 5) is 14.1. The molecule has 0 aliphatic rings. The molecular weight excluding hydrogens is 280 g/mol. The Morgan fingerprint density at radius 2 is 1.91 bits per heavy atom. The highest BCUT2D eigenvalue weighted by molar-refractivity contribution is 5.89. The highest BCUT2D eigenvalue weighted by Crippen LogP contribution is 2.21. The number of carbonyl (C=O) groups is 1. The summed E-state index contributed by atoms with van der Waals surface area (Å²) < 4.78 is 0. The molecule has 6 heteroatoms. The third kappa shape index (κ3) is 3.42. The van der Waals surface area contributed by atoms with E-state index in [4.69, 9.17) is 16.7 Å². The third-order valence-electron chi connectivity index (χ3n) is 3.31. The Hall–Kier alpha value is -2.86. The average Bonchev–Trinajstić information content (AvgIpc) is 2.47.